The van der Waals surface area contributed by atoms with E-state index in [0.717, 1.165) is 12.3 Å². The first-order valence-electron chi connectivity index (χ1n) is 7.47. The summed E-state index contributed by atoms with van der Waals surface area (Å²) >= 11 is 0. The summed E-state index contributed by atoms with van der Waals surface area (Å²) in [4.78, 5) is 11.9. The molecule has 1 atom stereocenters. The second kappa shape index (κ2) is 8.16. The smallest absolute Gasteiger partial charge is 0.417 e. The molecule has 0 saturated carbocycles. The molecule has 0 bridgehead atoms. The third-order valence-electron chi connectivity index (χ3n) is 3.31. The molecule has 0 heterocycles. The van der Waals surface area contributed by atoms with Crippen LogP contribution in [0, 0.1) is 11.3 Å². The largest absolute Gasteiger partial charge is 0.481 e. The van der Waals surface area contributed by atoms with Crippen LogP contribution in [0.25, 0.3) is 0 Å². The Hall–Kier alpha value is -3.34. The molecule has 5 nitrogen and oxygen atoms in total. The fourth-order valence-corrected chi connectivity index (χ4v) is 1.99. The maximum atomic E-state index is 12.9. The Balaban J connectivity index is 1.97. The zero-order chi connectivity index (χ0) is 19.2. The van der Waals surface area contributed by atoms with Gasteiger partial charge in [-0.15, -0.1) is 0 Å². The molecule has 134 valence electrons. The van der Waals surface area contributed by atoms with Gasteiger partial charge in [0.25, 0.3) is 5.91 Å². The predicted molar refractivity (Wildman–Crippen MR) is 88.4 cm³/mol. The Morgan fingerprint density at radius 1 is 1.23 bits per heavy atom. The Labute approximate surface area is 147 Å². The van der Waals surface area contributed by atoms with E-state index >= 15 is 0 Å². The summed E-state index contributed by atoms with van der Waals surface area (Å²) in [7, 11) is 0. The Kier molecular flexibility index (Phi) is 5.96. The molecule has 2 aromatic rings. The van der Waals surface area contributed by atoms with Crippen LogP contribution in [0.5, 0.6) is 5.75 Å². The SMILES string of the molecule is CC(Oc1ccc(C#N)cc1)C(=O)N/N=C/c1ccccc1C(F)(F)F. The van der Waals surface area contributed by atoms with E-state index < -0.39 is 23.8 Å². The number of hydrazone groups is 1. The molecule has 0 aliphatic rings. The lowest BCUT2D eigenvalue weighted by Crippen LogP contribution is -2.33. The van der Waals surface area contributed by atoms with Gasteiger partial charge in [0.1, 0.15) is 5.75 Å². The monoisotopic (exact) mass is 361 g/mol. The van der Waals surface area contributed by atoms with Crippen LogP contribution in [0.15, 0.2) is 53.6 Å². The van der Waals surface area contributed by atoms with Crippen LogP contribution in [-0.2, 0) is 11.0 Å². The molecule has 0 aliphatic carbocycles. The number of halogens is 3. The Morgan fingerprint density at radius 3 is 2.50 bits per heavy atom. The first-order valence-corrected chi connectivity index (χ1v) is 7.47. The first-order chi connectivity index (χ1) is 12.3. The molecular formula is C18H14F3N3O2. The van der Waals surface area contributed by atoms with Crippen molar-refractivity contribution in [2.24, 2.45) is 5.10 Å². The van der Waals surface area contributed by atoms with E-state index in [2.05, 4.69) is 10.5 Å². The standard InChI is InChI=1S/C18H14F3N3O2/c1-12(26-15-8-6-13(10-22)7-9-15)17(25)24-23-11-14-4-2-3-5-16(14)18(19,20)21/h2-9,11-12H,1H3,(H,24,25)/b23-11+. The molecule has 0 radical (unpaired) electrons. The number of rotatable bonds is 5. The summed E-state index contributed by atoms with van der Waals surface area (Å²) in [5, 5.41) is 12.3. The zero-order valence-corrected chi connectivity index (χ0v) is 13.6. The summed E-state index contributed by atoms with van der Waals surface area (Å²) in [6.45, 7) is 1.46. The molecule has 0 aromatic heterocycles. The van der Waals surface area contributed by atoms with Crippen LogP contribution in [0.4, 0.5) is 13.2 Å². The van der Waals surface area contributed by atoms with Gasteiger partial charge in [0, 0.05) is 5.56 Å². The molecule has 26 heavy (non-hydrogen) atoms. The van der Waals surface area contributed by atoms with Gasteiger partial charge in [-0.25, -0.2) is 5.43 Å². The van der Waals surface area contributed by atoms with Crippen molar-refractivity contribution in [3.63, 3.8) is 0 Å². The highest BCUT2D eigenvalue weighted by molar-refractivity contribution is 5.85. The summed E-state index contributed by atoms with van der Waals surface area (Å²) in [5.74, 6) is -0.256. The number of alkyl halides is 3. The van der Waals surface area contributed by atoms with Crippen molar-refractivity contribution in [1.82, 2.24) is 5.43 Å². The average Bonchev–Trinajstić information content (AvgIpc) is 2.61. The lowest BCUT2D eigenvalue weighted by Gasteiger charge is -2.13. The van der Waals surface area contributed by atoms with Crippen molar-refractivity contribution in [1.29, 1.82) is 5.26 Å². The molecule has 0 fully saturated rings. The Bertz CT molecular complexity index is 840. The van der Waals surface area contributed by atoms with Gasteiger partial charge in [-0.05, 0) is 37.3 Å². The van der Waals surface area contributed by atoms with Crippen molar-refractivity contribution in [2.75, 3.05) is 0 Å². The Morgan fingerprint density at radius 2 is 1.88 bits per heavy atom. The summed E-state index contributed by atoms with van der Waals surface area (Å²) in [5.41, 5.74) is 1.57. The second-order valence-electron chi connectivity index (χ2n) is 5.22. The number of hydrogen-bond acceptors (Lipinski definition) is 4. The average molecular weight is 361 g/mol. The fourth-order valence-electron chi connectivity index (χ4n) is 1.99. The summed E-state index contributed by atoms with van der Waals surface area (Å²) < 4.78 is 44.0. The van der Waals surface area contributed by atoms with Crippen LogP contribution >= 0.6 is 0 Å². The van der Waals surface area contributed by atoms with Crippen LogP contribution in [0.2, 0.25) is 0 Å². The topological polar surface area (TPSA) is 74.5 Å². The third kappa shape index (κ3) is 5.08. The van der Waals surface area contributed by atoms with Crippen molar-refractivity contribution in [3.05, 3.63) is 65.2 Å². The number of benzene rings is 2. The number of nitriles is 1. The predicted octanol–water partition coefficient (Wildman–Crippen LogP) is 3.49. The number of ether oxygens (including phenoxy) is 1. The van der Waals surface area contributed by atoms with E-state index in [4.69, 9.17) is 10.00 Å². The number of nitrogens with one attached hydrogen (secondary N) is 1. The molecule has 2 rings (SSSR count). The molecular weight excluding hydrogens is 347 g/mol. The molecule has 0 saturated heterocycles. The van der Waals surface area contributed by atoms with Crippen molar-refractivity contribution in [3.8, 4) is 11.8 Å². The van der Waals surface area contributed by atoms with Crippen molar-refractivity contribution in [2.45, 2.75) is 19.2 Å². The highest BCUT2D eigenvalue weighted by Crippen LogP contribution is 2.31. The second-order valence-corrected chi connectivity index (χ2v) is 5.22. The van der Waals surface area contributed by atoms with Gasteiger partial charge < -0.3 is 4.74 Å². The lowest BCUT2D eigenvalue weighted by atomic mass is 10.1. The van der Waals surface area contributed by atoms with Gasteiger partial charge in [-0.3, -0.25) is 4.79 Å². The number of nitrogens with zero attached hydrogens (tertiary/aromatic N) is 2. The quantitative estimate of drug-likeness (QED) is 0.654. The van der Waals surface area contributed by atoms with Gasteiger partial charge >= 0.3 is 6.18 Å². The highest BCUT2D eigenvalue weighted by Gasteiger charge is 2.32. The minimum absolute atomic E-state index is 0.166. The van der Waals surface area contributed by atoms with Crippen LogP contribution < -0.4 is 10.2 Å². The minimum Gasteiger partial charge on any atom is -0.481 e. The summed E-state index contributed by atoms with van der Waals surface area (Å²) in [6, 6.07) is 13.0. The minimum atomic E-state index is -4.52. The number of hydrogen-bond donors (Lipinski definition) is 1. The van der Waals surface area contributed by atoms with Crippen molar-refractivity contribution >= 4 is 12.1 Å². The number of amides is 1. The van der Waals surface area contributed by atoms with Crippen LogP contribution in [0.3, 0.4) is 0 Å². The normalized spacial score (nSPS) is 12.4. The van der Waals surface area contributed by atoms with E-state index in [1.165, 1.54) is 49.4 Å². The summed E-state index contributed by atoms with van der Waals surface area (Å²) in [6.07, 6.45) is -4.52. The fraction of sp³-hybridized carbons (Fsp3) is 0.167. The molecule has 8 heteroatoms. The molecule has 1 unspecified atom stereocenters. The third-order valence-corrected chi connectivity index (χ3v) is 3.31. The number of carbonyl (C=O) groups is 1. The van der Waals surface area contributed by atoms with Gasteiger partial charge in [-0.2, -0.15) is 23.5 Å². The molecule has 0 aliphatic heterocycles. The van der Waals surface area contributed by atoms with Crippen molar-refractivity contribution < 1.29 is 22.7 Å². The maximum absolute atomic E-state index is 12.9. The van der Waals surface area contributed by atoms with E-state index in [1.807, 2.05) is 6.07 Å². The van der Waals surface area contributed by atoms with Crippen LogP contribution in [0.1, 0.15) is 23.6 Å². The van der Waals surface area contributed by atoms with E-state index in [-0.39, 0.29) is 5.56 Å². The van der Waals surface area contributed by atoms with Gasteiger partial charge in [0.15, 0.2) is 6.10 Å². The van der Waals surface area contributed by atoms with Gasteiger partial charge in [0.2, 0.25) is 0 Å². The van der Waals surface area contributed by atoms with Gasteiger partial charge in [0.05, 0.1) is 23.4 Å². The maximum Gasteiger partial charge on any atom is 0.417 e. The van der Waals surface area contributed by atoms with E-state index in [1.54, 1.807) is 0 Å². The first kappa shape index (κ1) is 19.0. The van der Waals surface area contributed by atoms with Gasteiger partial charge in [-0.1, -0.05) is 18.2 Å². The van der Waals surface area contributed by atoms with E-state index in [9.17, 15) is 18.0 Å². The molecule has 1 amide bonds. The molecule has 1 N–H and O–H groups in total. The molecule has 2 aromatic carbocycles. The lowest BCUT2D eigenvalue weighted by molar-refractivity contribution is -0.137. The number of carbonyl (C=O) groups excluding carboxylic acids is 1. The van der Waals surface area contributed by atoms with Crippen LogP contribution in [-0.4, -0.2) is 18.2 Å². The highest BCUT2D eigenvalue weighted by atomic mass is 19.4. The van der Waals surface area contributed by atoms with E-state index in [0.29, 0.717) is 11.3 Å². The zero-order valence-electron chi connectivity index (χ0n) is 13.6. The molecule has 0 spiro atoms.